The van der Waals surface area contributed by atoms with Gasteiger partial charge in [-0.1, -0.05) is 39.3 Å². The number of halogens is 1. The minimum atomic E-state index is -2.03. The fourth-order valence-electron chi connectivity index (χ4n) is 9.56. The molecule has 0 bridgehead atoms. The van der Waals surface area contributed by atoms with E-state index in [-0.39, 0.29) is 80.5 Å². The van der Waals surface area contributed by atoms with Gasteiger partial charge in [-0.25, -0.2) is 14.2 Å². The van der Waals surface area contributed by atoms with Gasteiger partial charge in [0.25, 0.3) is 17.4 Å². The highest BCUT2D eigenvalue weighted by molar-refractivity contribution is 6.13. The van der Waals surface area contributed by atoms with Crippen molar-refractivity contribution in [1.82, 2.24) is 40.6 Å². The van der Waals surface area contributed by atoms with Crippen LogP contribution in [0.1, 0.15) is 94.4 Å². The summed E-state index contributed by atoms with van der Waals surface area (Å²) in [5.74, 6) is -5.06. The number of aryl methyl sites for hydroxylation is 1. The van der Waals surface area contributed by atoms with Gasteiger partial charge in [-0.05, 0) is 113 Å². The normalized spacial score (nSPS) is 16.2. The number of anilines is 1. The molecular weight excluding hydrogens is 998 g/mol. The van der Waals surface area contributed by atoms with Crippen LogP contribution in [0.3, 0.4) is 0 Å². The van der Waals surface area contributed by atoms with Crippen molar-refractivity contribution in [3.05, 3.63) is 93.0 Å². The van der Waals surface area contributed by atoms with E-state index < -0.39 is 71.8 Å². The maximum Gasteiger partial charge on any atom is 0.343 e. The maximum atomic E-state index is 15.1. The topological polar surface area (TPSA) is 277 Å². The highest BCUT2D eigenvalue weighted by Crippen LogP contribution is 2.44. The Kier molecular flexibility index (Phi) is 18.5. The Hall–Kier alpha value is -7.69. The van der Waals surface area contributed by atoms with Crippen molar-refractivity contribution in [2.75, 3.05) is 52.4 Å². The van der Waals surface area contributed by atoms with E-state index in [1.54, 1.807) is 64.1 Å². The number of rotatable bonds is 25. The van der Waals surface area contributed by atoms with Crippen LogP contribution in [0.2, 0.25) is 0 Å². The summed E-state index contributed by atoms with van der Waals surface area (Å²) in [7, 11) is 3.84. The Morgan fingerprint density at radius 2 is 1.61 bits per heavy atom. The zero-order valence-corrected chi connectivity index (χ0v) is 44.1. The van der Waals surface area contributed by atoms with Gasteiger partial charge in [0.05, 0.1) is 35.6 Å². The minimum absolute atomic E-state index is 0.0286. The minimum Gasteiger partial charge on any atom is -0.458 e. The van der Waals surface area contributed by atoms with Gasteiger partial charge in [0, 0.05) is 53.4 Å². The van der Waals surface area contributed by atoms with Crippen molar-refractivity contribution in [2.45, 2.75) is 110 Å². The van der Waals surface area contributed by atoms with Crippen LogP contribution >= 0.6 is 0 Å². The molecule has 0 fully saturated rings. The first kappa shape index (κ1) is 57.0. The van der Waals surface area contributed by atoms with E-state index in [4.69, 9.17) is 14.5 Å². The number of benzene rings is 2. The number of esters is 1. The zero-order chi connectivity index (χ0) is 55.7. The number of ether oxygens (including phenoxy) is 2. The second-order valence-corrected chi connectivity index (χ2v) is 20.1. The second-order valence-electron chi connectivity index (χ2n) is 20.1. The predicted octanol–water partition coefficient (Wildman–Crippen LogP) is 3.18. The molecule has 6 N–H and O–H groups in total. The summed E-state index contributed by atoms with van der Waals surface area (Å²) < 4.78 is 27.2. The molecule has 2 aromatic heterocycles. The maximum absolute atomic E-state index is 15.1. The first-order chi connectivity index (χ1) is 36.7. The van der Waals surface area contributed by atoms with Crippen LogP contribution in [0.5, 0.6) is 0 Å². The molecule has 3 atom stereocenters. The molecule has 0 saturated carbocycles. The van der Waals surface area contributed by atoms with Gasteiger partial charge in [0.1, 0.15) is 37.8 Å². The molecule has 7 rings (SSSR count). The monoisotopic (exact) mass is 1060 g/mol. The number of amides is 7. The van der Waals surface area contributed by atoms with Gasteiger partial charge >= 0.3 is 5.97 Å². The van der Waals surface area contributed by atoms with Crippen LogP contribution in [0.25, 0.3) is 33.4 Å². The largest absolute Gasteiger partial charge is 0.458 e. The van der Waals surface area contributed by atoms with E-state index in [1.807, 2.05) is 19.0 Å². The number of nitrogens with one attached hydrogen (secondary N) is 5. The van der Waals surface area contributed by atoms with E-state index in [2.05, 4.69) is 26.6 Å². The van der Waals surface area contributed by atoms with E-state index >= 15 is 4.39 Å². The molecule has 0 unspecified atom stereocenters. The third-order valence-electron chi connectivity index (χ3n) is 13.9. The van der Waals surface area contributed by atoms with Gasteiger partial charge in [0.15, 0.2) is 5.60 Å². The summed E-state index contributed by atoms with van der Waals surface area (Å²) >= 11 is 0. The van der Waals surface area contributed by atoms with Crippen molar-refractivity contribution < 1.29 is 57.3 Å². The van der Waals surface area contributed by atoms with Crippen molar-refractivity contribution >= 4 is 63.9 Å². The fraction of sp³-hybridized carbons (Fsp3) is 0.455. The molecule has 0 aliphatic carbocycles. The van der Waals surface area contributed by atoms with Crippen molar-refractivity contribution in [1.29, 1.82) is 0 Å². The molecule has 3 aliphatic rings. The number of fused-ring (bicyclic) bond motifs is 5. The van der Waals surface area contributed by atoms with Crippen LogP contribution in [0.4, 0.5) is 10.1 Å². The zero-order valence-electron chi connectivity index (χ0n) is 44.1. The predicted molar refractivity (Wildman–Crippen MR) is 281 cm³/mol. The Labute approximate surface area is 444 Å². The van der Waals surface area contributed by atoms with Crippen molar-refractivity contribution in [3.8, 4) is 22.5 Å². The first-order valence-electron chi connectivity index (χ1n) is 25.8. The summed E-state index contributed by atoms with van der Waals surface area (Å²) in [5.41, 5.74) is 1.73. The molecule has 410 valence electrons. The third kappa shape index (κ3) is 13.3. The van der Waals surface area contributed by atoms with Crippen LogP contribution in [-0.4, -0.2) is 131 Å². The number of pyridine rings is 2. The summed E-state index contributed by atoms with van der Waals surface area (Å²) in [6, 6.07) is 9.48. The third-order valence-corrected chi connectivity index (χ3v) is 13.9. The molecule has 0 spiro atoms. The number of aromatic nitrogens is 2. The number of carbonyl (C=O) groups is 8. The van der Waals surface area contributed by atoms with Gasteiger partial charge in [-0.2, -0.15) is 0 Å². The molecule has 22 heteroatoms. The Morgan fingerprint density at radius 1 is 0.883 bits per heavy atom. The molecular formula is C55H66FN9O12. The average molecular weight is 1060 g/mol. The van der Waals surface area contributed by atoms with Gasteiger partial charge in [-0.15, -0.1) is 0 Å². The van der Waals surface area contributed by atoms with Crippen molar-refractivity contribution in [2.24, 2.45) is 5.92 Å². The summed E-state index contributed by atoms with van der Waals surface area (Å²) in [4.78, 5) is 124. The lowest BCUT2D eigenvalue weighted by Crippen LogP contribution is -2.56. The van der Waals surface area contributed by atoms with Gasteiger partial charge in [-0.3, -0.25) is 43.3 Å². The van der Waals surface area contributed by atoms with Crippen LogP contribution < -0.4 is 32.1 Å². The lowest BCUT2D eigenvalue weighted by molar-refractivity contribution is -0.172. The summed E-state index contributed by atoms with van der Waals surface area (Å²) in [6.45, 7) is 6.31. The molecule has 3 aliphatic heterocycles. The smallest absolute Gasteiger partial charge is 0.343 e. The number of carbonyl (C=O) groups excluding carboxylic acids is 8. The number of hydrogen-bond donors (Lipinski definition) is 6. The van der Waals surface area contributed by atoms with Crippen LogP contribution in [0.15, 0.2) is 59.4 Å². The molecule has 0 radical (unpaired) electrons. The number of imide groups is 1. The standard InChI is InChI=1S/C55H66FN9O12/c1-7-55(75)38-24-42-50-36(27-65(42)53(73)37(38)28-77-54(55)74)48(35-23-32(4)39(56)25-41(35)60-50)33-15-17-34(18-16-33)59-45(68)29-76-30-58-44(67)26-57-51(71)40(13-10-12-21-63(5)6)61-52(72)49(31(2)3)62-43(66)14-9-8-11-22-64-46(69)19-20-47(64)70/h15-20,23-25,31,40,49,75H,7-14,21-22,26-30H2,1-6H3,(H,57,71)(H,58,67)(H,59,68)(H,61,72)(H,62,66)/t40-,49-,55-/m0/s1. The first-order valence-corrected chi connectivity index (χ1v) is 25.8. The van der Waals surface area contributed by atoms with Crippen LogP contribution in [-0.2, 0) is 66.6 Å². The number of cyclic esters (lactones) is 1. The molecule has 0 saturated heterocycles. The lowest BCUT2D eigenvalue weighted by Gasteiger charge is -2.31. The number of aliphatic hydroxyl groups is 1. The van der Waals surface area contributed by atoms with Gasteiger partial charge < -0.3 is 50.6 Å². The lowest BCUT2D eigenvalue weighted by atomic mass is 9.86. The molecule has 77 heavy (non-hydrogen) atoms. The van der Waals surface area contributed by atoms with E-state index in [0.717, 1.165) is 17.9 Å². The second kappa shape index (κ2) is 25.0. The number of nitrogens with zero attached hydrogens (tertiary/aromatic N) is 4. The molecule has 7 amide bonds. The number of unbranched alkanes of at least 4 members (excludes halogenated alkanes) is 3. The number of hydrogen-bond acceptors (Lipinski definition) is 14. The van der Waals surface area contributed by atoms with Crippen molar-refractivity contribution in [3.63, 3.8) is 0 Å². The van der Waals surface area contributed by atoms with Gasteiger partial charge in [0.2, 0.25) is 29.5 Å². The molecule has 2 aromatic carbocycles. The van der Waals surface area contributed by atoms with E-state index in [0.29, 0.717) is 75.9 Å². The highest BCUT2D eigenvalue weighted by Gasteiger charge is 2.45. The SMILES string of the molecule is CC[C@@]1(O)C(=O)OCc2c1cc1n(c2=O)Cc2c-1nc1cc(F)c(C)cc1c2-c1ccc(NC(=O)COCNC(=O)CNC(=O)[C@H](CCCCN(C)C)NC(=O)[C@@H](NC(=O)CCCCCN2C(=O)C=CC2=O)C(C)C)cc1. The molecule has 4 aromatic rings. The highest BCUT2D eigenvalue weighted by atomic mass is 19.1. The summed E-state index contributed by atoms with van der Waals surface area (Å²) in [6.07, 6.45) is 5.67. The summed E-state index contributed by atoms with van der Waals surface area (Å²) in [5, 5.41) is 25.3. The Morgan fingerprint density at radius 3 is 2.30 bits per heavy atom. The molecule has 5 heterocycles. The average Bonchev–Trinajstić information content (AvgIpc) is 4.00. The molecule has 21 nitrogen and oxygen atoms in total. The van der Waals surface area contributed by atoms with Crippen LogP contribution in [0, 0.1) is 18.7 Å². The fourth-order valence-corrected chi connectivity index (χ4v) is 9.56. The van der Waals surface area contributed by atoms with E-state index in [9.17, 15) is 48.3 Å². The quantitative estimate of drug-likeness (QED) is 0.0212. The van der Waals surface area contributed by atoms with E-state index in [1.165, 1.54) is 22.8 Å². The Balaban J connectivity index is 0.904. The Bertz CT molecular complexity index is 3050.